The summed E-state index contributed by atoms with van der Waals surface area (Å²) in [4.78, 5) is 11.7. The number of amides is 1. The molecule has 1 saturated carbocycles. The molecule has 1 amide bonds. The Morgan fingerprint density at radius 3 is 2.41 bits per heavy atom. The Kier molecular flexibility index (Phi) is 7.80. The molecule has 39 heavy (non-hydrogen) atoms. The Balaban J connectivity index is 1.32. The van der Waals surface area contributed by atoms with Gasteiger partial charge in [-0.2, -0.15) is 0 Å². The van der Waals surface area contributed by atoms with Crippen LogP contribution in [0, 0.1) is 11.6 Å². The molecule has 0 unspecified atom stereocenters. The minimum Gasteiger partial charge on any atom is -0.497 e. The summed E-state index contributed by atoms with van der Waals surface area (Å²) in [6.45, 7) is 0.213. The lowest BCUT2D eigenvalue weighted by molar-refractivity contribution is -0.139. The molecule has 3 aromatic rings. The first-order valence-corrected chi connectivity index (χ1v) is 13.3. The number of anilines is 1. The van der Waals surface area contributed by atoms with Crippen LogP contribution in [0.15, 0.2) is 54.6 Å². The van der Waals surface area contributed by atoms with E-state index in [1.807, 2.05) is 24.3 Å². The number of fused-ring (bicyclic) bond motifs is 1. The molecule has 1 fully saturated rings. The number of rotatable bonds is 8. The first kappa shape index (κ1) is 27.4. The fourth-order valence-electron chi connectivity index (χ4n) is 5.33. The van der Waals surface area contributed by atoms with E-state index in [2.05, 4.69) is 5.32 Å². The first-order valence-electron chi connectivity index (χ1n) is 12.9. The minimum atomic E-state index is -1.20. The Morgan fingerprint density at radius 1 is 0.974 bits per heavy atom. The number of hydrogen-bond acceptors (Lipinski definition) is 5. The van der Waals surface area contributed by atoms with Crippen LogP contribution < -0.4 is 14.8 Å². The summed E-state index contributed by atoms with van der Waals surface area (Å²) in [7, 11) is 1.60. The predicted molar refractivity (Wildman–Crippen MR) is 143 cm³/mol. The Morgan fingerprint density at radius 2 is 1.72 bits per heavy atom. The molecule has 0 aromatic heterocycles. The van der Waals surface area contributed by atoms with E-state index in [0.717, 1.165) is 11.3 Å². The van der Waals surface area contributed by atoms with E-state index >= 15 is 4.39 Å². The largest absolute Gasteiger partial charge is 0.497 e. The molecule has 0 spiro atoms. The lowest BCUT2D eigenvalue weighted by atomic mass is 9.72. The smallest absolute Gasteiger partial charge is 0.224 e. The average Bonchev–Trinajstić information content (AvgIpc) is 2.93. The van der Waals surface area contributed by atoms with Crippen LogP contribution >= 0.6 is 11.6 Å². The molecule has 5 rings (SSSR count). The monoisotopic (exact) mass is 557 g/mol. The van der Waals surface area contributed by atoms with Crippen LogP contribution in [0.3, 0.4) is 0 Å². The maximum atomic E-state index is 15.2. The molecule has 1 aliphatic carbocycles. The van der Waals surface area contributed by atoms with Crippen LogP contribution in [0.25, 0.3) is 0 Å². The number of nitrogens with one attached hydrogen (secondary N) is 1. The predicted octanol–water partition coefficient (Wildman–Crippen LogP) is 6.31. The van der Waals surface area contributed by atoms with Crippen molar-refractivity contribution in [1.29, 1.82) is 0 Å². The lowest BCUT2D eigenvalue weighted by Crippen LogP contribution is -2.46. The number of carbonyl (C=O) groups is 1. The summed E-state index contributed by atoms with van der Waals surface area (Å²) >= 11 is 6.02. The molecule has 0 radical (unpaired) electrons. The molecule has 2 N–H and O–H groups in total. The zero-order valence-corrected chi connectivity index (χ0v) is 22.3. The summed E-state index contributed by atoms with van der Waals surface area (Å²) in [6, 6.07) is 14.8. The number of benzene rings is 3. The van der Waals surface area contributed by atoms with Gasteiger partial charge < -0.3 is 24.6 Å². The normalized spacial score (nSPS) is 22.6. The number of ether oxygens (including phenoxy) is 3. The topological polar surface area (TPSA) is 77.0 Å². The molecular formula is C30H30ClF2NO5. The molecule has 1 heterocycles. The molecule has 9 heteroatoms. The van der Waals surface area contributed by atoms with E-state index in [9.17, 15) is 14.3 Å². The van der Waals surface area contributed by atoms with Gasteiger partial charge in [0.1, 0.15) is 29.7 Å². The van der Waals surface area contributed by atoms with Gasteiger partial charge in [-0.3, -0.25) is 4.79 Å². The molecule has 6 nitrogen and oxygen atoms in total. The summed E-state index contributed by atoms with van der Waals surface area (Å²) in [6.07, 6.45) is 1.86. The highest BCUT2D eigenvalue weighted by molar-refractivity contribution is 6.30. The Hall–Kier alpha value is -3.20. The van der Waals surface area contributed by atoms with Crippen LogP contribution in [-0.4, -0.2) is 30.3 Å². The highest BCUT2D eigenvalue weighted by Gasteiger charge is 2.45. The van der Waals surface area contributed by atoms with E-state index in [-0.39, 0.29) is 44.1 Å². The van der Waals surface area contributed by atoms with Crippen molar-refractivity contribution in [2.45, 2.75) is 56.3 Å². The van der Waals surface area contributed by atoms with Crippen molar-refractivity contribution in [3.63, 3.8) is 0 Å². The van der Waals surface area contributed by atoms with Gasteiger partial charge in [-0.15, -0.1) is 0 Å². The molecule has 0 saturated heterocycles. The molecule has 3 aromatic carbocycles. The van der Waals surface area contributed by atoms with Gasteiger partial charge in [-0.25, -0.2) is 8.78 Å². The maximum absolute atomic E-state index is 15.2. The summed E-state index contributed by atoms with van der Waals surface area (Å²) in [5.74, 6) is -0.0738. The molecular weight excluding hydrogens is 528 g/mol. The highest BCUT2D eigenvalue weighted by atomic mass is 35.5. The van der Waals surface area contributed by atoms with Crippen LogP contribution in [0.4, 0.5) is 14.5 Å². The van der Waals surface area contributed by atoms with E-state index < -0.39 is 22.8 Å². The highest BCUT2D eigenvalue weighted by Crippen LogP contribution is 2.46. The average molecular weight is 558 g/mol. The first-order chi connectivity index (χ1) is 18.7. The second kappa shape index (κ2) is 11.1. The summed E-state index contributed by atoms with van der Waals surface area (Å²) in [5.41, 5.74) is -0.165. The zero-order chi connectivity index (χ0) is 27.6. The maximum Gasteiger partial charge on any atom is 0.224 e. The van der Waals surface area contributed by atoms with Crippen molar-refractivity contribution in [2.75, 3.05) is 19.0 Å². The standard InChI is InChI=1S/C30H30ClF2NO5/c1-37-21-5-2-19(3-6-21)17-39-30(23-8-4-20(31)16-25(23)33)14-12-29(36,13-15-30)18-38-26-10-9-24(32)28-22(26)7-11-27(35)34-28/h2-6,8-10,16,36H,7,11-15,17-18H2,1H3,(H,34,35)/t29-,30-. The molecule has 206 valence electrons. The molecule has 0 bridgehead atoms. The zero-order valence-electron chi connectivity index (χ0n) is 21.6. The second-order valence-corrected chi connectivity index (χ2v) is 10.7. The van der Waals surface area contributed by atoms with Crippen molar-refractivity contribution in [3.8, 4) is 11.5 Å². The fourth-order valence-corrected chi connectivity index (χ4v) is 5.49. The fraction of sp³-hybridized carbons (Fsp3) is 0.367. The van der Waals surface area contributed by atoms with Gasteiger partial charge in [0.15, 0.2) is 0 Å². The second-order valence-electron chi connectivity index (χ2n) is 10.2. The number of hydrogen-bond donors (Lipinski definition) is 2. The molecule has 2 aliphatic rings. The molecule has 1 aliphatic heterocycles. The lowest BCUT2D eigenvalue weighted by Gasteiger charge is -2.44. The van der Waals surface area contributed by atoms with E-state index in [4.69, 9.17) is 25.8 Å². The third-order valence-corrected chi connectivity index (χ3v) is 7.90. The minimum absolute atomic E-state index is 0.0311. The third-order valence-electron chi connectivity index (χ3n) is 7.67. The van der Waals surface area contributed by atoms with Crippen molar-refractivity contribution in [3.05, 3.63) is 87.9 Å². The quantitative estimate of drug-likeness (QED) is 0.339. The van der Waals surface area contributed by atoms with Gasteiger partial charge >= 0.3 is 0 Å². The van der Waals surface area contributed by atoms with Crippen molar-refractivity contribution < 1.29 is 32.9 Å². The number of methoxy groups -OCH3 is 1. The number of halogens is 3. The van der Waals surface area contributed by atoms with Gasteiger partial charge in [-0.1, -0.05) is 29.8 Å². The van der Waals surface area contributed by atoms with Gasteiger partial charge in [0.2, 0.25) is 5.91 Å². The summed E-state index contributed by atoms with van der Waals surface area (Å²) in [5, 5.41) is 14.3. The molecule has 0 atom stereocenters. The number of carbonyl (C=O) groups excluding carboxylic acids is 1. The van der Waals surface area contributed by atoms with Gasteiger partial charge in [0.05, 0.1) is 30.6 Å². The van der Waals surface area contributed by atoms with Crippen LogP contribution in [0.1, 0.15) is 48.8 Å². The van der Waals surface area contributed by atoms with E-state index in [1.54, 1.807) is 19.2 Å². The van der Waals surface area contributed by atoms with Gasteiger partial charge in [0, 0.05) is 22.6 Å². The van der Waals surface area contributed by atoms with Crippen molar-refractivity contribution >= 4 is 23.2 Å². The summed E-state index contributed by atoms with van der Waals surface area (Å²) < 4.78 is 47.1. The Labute approximate surface area is 230 Å². The van der Waals surface area contributed by atoms with Gasteiger partial charge in [0.25, 0.3) is 0 Å². The van der Waals surface area contributed by atoms with E-state index in [0.29, 0.717) is 41.2 Å². The van der Waals surface area contributed by atoms with Crippen molar-refractivity contribution in [1.82, 2.24) is 0 Å². The SMILES string of the molecule is COc1ccc(CO[C@]2(c3ccc(Cl)cc3F)CC[C@](O)(COc3ccc(F)c4c3CCC(=O)N4)CC2)cc1. The van der Waals surface area contributed by atoms with Crippen LogP contribution in [-0.2, 0) is 28.2 Å². The van der Waals surface area contributed by atoms with Crippen LogP contribution in [0.5, 0.6) is 11.5 Å². The third kappa shape index (κ3) is 5.88. The Bertz CT molecular complexity index is 1360. The van der Waals surface area contributed by atoms with Gasteiger partial charge in [-0.05, 0) is 74.1 Å². The van der Waals surface area contributed by atoms with Crippen molar-refractivity contribution in [2.24, 2.45) is 0 Å². The number of aliphatic hydroxyl groups is 1. The van der Waals surface area contributed by atoms with Crippen LogP contribution in [0.2, 0.25) is 5.02 Å². The van der Waals surface area contributed by atoms with E-state index in [1.165, 1.54) is 18.2 Å².